The molecule has 0 spiro atoms. The zero-order valence-electron chi connectivity index (χ0n) is 11.5. The Hall–Kier alpha value is -2.30. The fourth-order valence-electron chi connectivity index (χ4n) is 2.43. The number of hydrogen-bond donors (Lipinski definition) is 2. The van der Waals surface area contributed by atoms with Crippen LogP contribution in [0.4, 0.5) is 5.69 Å². The molecule has 0 unspecified atom stereocenters. The van der Waals surface area contributed by atoms with Crippen molar-refractivity contribution < 1.29 is 4.79 Å². The number of aromatic nitrogens is 2. The van der Waals surface area contributed by atoms with E-state index in [0.29, 0.717) is 11.4 Å². The summed E-state index contributed by atoms with van der Waals surface area (Å²) in [5.74, 6) is -0.116. The van der Waals surface area contributed by atoms with Crippen LogP contribution < -0.4 is 11.1 Å². The van der Waals surface area contributed by atoms with E-state index in [1.54, 1.807) is 16.9 Å². The lowest BCUT2D eigenvalue weighted by Crippen LogP contribution is -2.51. The normalized spacial score (nSPS) is 16.4. The Morgan fingerprint density at radius 3 is 2.85 bits per heavy atom. The number of anilines is 1. The van der Waals surface area contributed by atoms with Crippen LogP contribution in [0.1, 0.15) is 36.7 Å². The number of carbonyl (C=O) groups is 1. The average molecular weight is 270 g/mol. The van der Waals surface area contributed by atoms with Gasteiger partial charge < -0.3 is 11.1 Å². The molecule has 1 fully saturated rings. The van der Waals surface area contributed by atoms with Crippen molar-refractivity contribution in [3.05, 3.63) is 42.2 Å². The molecule has 2 aromatic rings. The molecule has 0 aliphatic heterocycles. The molecule has 0 saturated heterocycles. The topological polar surface area (TPSA) is 72.9 Å². The molecule has 1 heterocycles. The number of nitrogens with two attached hydrogens (primary N) is 1. The van der Waals surface area contributed by atoms with Crippen molar-refractivity contribution in [3.8, 4) is 5.69 Å². The summed E-state index contributed by atoms with van der Waals surface area (Å²) in [6.45, 7) is 2.07. The third kappa shape index (κ3) is 2.39. The molecule has 1 amide bonds. The van der Waals surface area contributed by atoms with Gasteiger partial charge in [-0.05, 0) is 50.5 Å². The van der Waals surface area contributed by atoms with E-state index in [1.165, 1.54) is 6.42 Å². The van der Waals surface area contributed by atoms with Gasteiger partial charge in [0.15, 0.2) is 5.69 Å². The van der Waals surface area contributed by atoms with E-state index in [4.69, 9.17) is 5.73 Å². The van der Waals surface area contributed by atoms with Crippen LogP contribution in [0, 0.1) is 0 Å². The second kappa shape index (κ2) is 4.67. The van der Waals surface area contributed by atoms with E-state index in [0.717, 1.165) is 18.5 Å². The quantitative estimate of drug-likeness (QED) is 0.839. The monoisotopic (exact) mass is 270 g/mol. The van der Waals surface area contributed by atoms with Crippen LogP contribution in [-0.4, -0.2) is 21.2 Å². The predicted molar refractivity (Wildman–Crippen MR) is 77.7 cm³/mol. The first-order chi connectivity index (χ1) is 9.56. The standard InChI is InChI=1S/C15H18N4O/c1-15(7-3-8-15)17-14(20)13-6-9-19(18-13)12-5-2-4-11(16)10-12/h2,4-6,9-10H,3,7-8,16H2,1H3,(H,17,20). The van der Waals surface area contributed by atoms with Gasteiger partial charge in [0, 0.05) is 17.4 Å². The molecule has 1 saturated carbocycles. The SMILES string of the molecule is CC1(NC(=O)c2ccn(-c3cccc(N)c3)n2)CCC1. The van der Waals surface area contributed by atoms with Gasteiger partial charge in [-0.1, -0.05) is 6.07 Å². The minimum absolute atomic E-state index is 0.0575. The maximum absolute atomic E-state index is 12.2. The number of hydrogen-bond acceptors (Lipinski definition) is 3. The van der Waals surface area contributed by atoms with E-state index >= 15 is 0 Å². The molecule has 3 rings (SSSR count). The fraction of sp³-hybridized carbons (Fsp3) is 0.333. The van der Waals surface area contributed by atoms with Crippen molar-refractivity contribution in [1.82, 2.24) is 15.1 Å². The molecule has 5 heteroatoms. The van der Waals surface area contributed by atoms with Crippen LogP contribution >= 0.6 is 0 Å². The molecule has 1 aromatic heterocycles. The number of amides is 1. The van der Waals surface area contributed by atoms with Crippen LogP contribution in [0.3, 0.4) is 0 Å². The van der Waals surface area contributed by atoms with Crippen LogP contribution in [0.25, 0.3) is 5.69 Å². The predicted octanol–water partition coefficient (Wildman–Crippen LogP) is 2.13. The first kappa shape index (κ1) is 12.7. The molecule has 0 atom stereocenters. The Labute approximate surface area is 117 Å². The maximum Gasteiger partial charge on any atom is 0.272 e. The molecule has 1 aliphatic carbocycles. The summed E-state index contributed by atoms with van der Waals surface area (Å²) in [6, 6.07) is 9.13. The highest BCUT2D eigenvalue weighted by Crippen LogP contribution is 2.31. The largest absolute Gasteiger partial charge is 0.399 e. The Balaban J connectivity index is 1.78. The molecule has 1 aromatic carbocycles. The Morgan fingerprint density at radius 2 is 2.20 bits per heavy atom. The second-order valence-corrected chi connectivity index (χ2v) is 5.61. The molecule has 104 valence electrons. The van der Waals surface area contributed by atoms with Gasteiger partial charge >= 0.3 is 0 Å². The Morgan fingerprint density at radius 1 is 1.40 bits per heavy atom. The number of benzene rings is 1. The number of nitrogens with one attached hydrogen (secondary N) is 1. The number of nitrogen functional groups attached to an aromatic ring is 1. The van der Waals surface area contributed by atoms with Crippen LogP contribution in [0.15, 0.2) is 36.5 Å². The summed E-state index contributed by atoms with van der Waals surface area (Å²) in [4.78, 5) is 12.2. The van der Waals surface area contributed by atoms with E-state index < -0.39 is 0 Å². The lowest BCUT2D eigenvalue weighted by Gasteiger charge is -2.38. The molecule has 1 aliphatic rings. The van der Waals surface area contributed by atoms with Gasteiger partial charge in [-0.25, -0.2) is 4.68 Å². The number of carbonyl (C=O) groups excluding carboxylic acids is 1. The van der Waals surface area contributed by atoms with Gasteiger partial charge in [0.25, 0.3) is 5.91 Å². The highest BCUT2D eigenvalue weighted by molar-refractivity contribution is 5.92. The van der Waals surface area contributed by atoms with Crippen molar-refractivity contribution in [2.75, 3.05) is 5.73 Å². The Kier molecular flexibility index (Phi) is 2.97. The summed E-state index contributed by atoms with van der Waals surface area (Å²) < 4.78 is 1.66. The minimum Gasteiger partial charge on any atom is -0.399 e. The molecule has 20 heavy (non-hydrogen) atoms. The van der Waals surface area contributed by atoms with Gasteiger partial charge in [0.1, 0.15) is 0 Å². The third-order valence-corrected chi connectivity index (χ3v) is 3.83. The molecular formula is C15H18N4O. The molecule has 0 bridgehead atoms. The highest BCUT2D eigenvalue weighted by Gasteiger charge is 2.33. The van der Waals surface area contributed by atoms with E-state index in [-0.39, 0.29) is 11.4 Å². The van der Waals surface area contributed by atoms with Gasteiger partial charge in [-0.3, -0.25) is 4.79 Å². The zero-order chi connectivity index (χ0) is 14.2. The van der Waals surface area contributed by atoms with Crippen LogP contribution in [0.5, 0.6) is 0 Å². The molecule has 0 radical (unpaired) electrons. The highest BCUT2D eigenvalue weighted by atomic mass is 16.2. The van der Waals surface area contributed by atoms with Gasteiger partial charge in [0.2, 0.25) is 0 Å². The Bertz CT molecular complexity index is 643. The fourth-order valence-corrected chi connectivity index (χ4v) is 2.43. The summed E-state index contributed by atoms with van der Waals surface area (Å²) in [5, 5.41) is 7.36. The van der Waals surface area contributed by atoms with Crippen LogP contribution in [-0.2, 0) is 0 Å². The maximum atomic E-state index is 12.2. The van der Waals surface area contributed by atoms with Gasteiger partial charge in [-0.2, -0.15) is 5.10 Å². The van der Waals surface area contributed by atoms with E-state index in [2.05, 4.69) is 17.3 Å². The number of nitrogens with zero attached hydrogens (tertiary/aromatic N) is 2. The van der Waals surface area contributed by atoms with Gasteiger partial charge in [-0.15, -0.1) is 0 Å². The average Bonchev–Trinajstić information content (AvgIpc) is 2.86. The third-order valence-electron chi connectivity index (χ3n) is 3.83. The summed E-state index contributed by atoms with van der Waals surface area (Å²) >= 11 is 0. The molecule has 5 nitrogen and oxygen atoms in total. The minimum atomic E-state index is -0.116. The lowest BCUT2D eigenvalue weighted by atomic mass is 9.78. The molecular weight excluding hydrogens is 252 g/mol. The van der Waals surface area contributed by atoms with Crippen molar-refractivity contribution in [1.29, 1.82) is 0 Å². The molecule has 3 N–H and O–H groups in total. The summed E-state index contributed by atoms with van der Waals surface area (Å²) in [6.07, 6.45) is 5.02. The first-order valence-electron chi connectivity index (χ1n) is 6.80. The van der Waals surface area contributed by atoms with Crippen molar-refractivity contribution in [2.45, 2.75) is 31.7 Å². The number of rotatable bonds is 3. The second-order valence-electron chi connectivity index (χ2n) is 5.61. The summed E-state index contributed by atoms with van der Waals surface area (Å²) in [5.41, 5.74) is 7.64. The lowest BCUT2D eigenvalue weighted by molar-refractivity contribution is 0.0845. The van der Waals surface area contributed by atoms with E-state index in [1.807, 2.05) is 24.3 Å². The first-order valence-corrected chi connectivity index (χ1v) is 6.80. The smallest absolute Gasteiger partial charge is 0.272 e. The van der Waals surface area contributed by atoms with Crippen molar-refractivity contribution in [2.24, 2.45) is 0 Å². The van der Waals surface area contributed by atoms with Gasteiger partial charge in [0.05, 0.1) is 5.69 Å². The van der Waals surface area contributed by atoms with Crippen molar-refractivity contribution >= 4 is 11.6 Å². The van der Waals surface area contributed by atoms with E-state index in [9.17, 15) is 4.79 Å². The summed E-state index contributed by atoms with van der Waals surface area (Å²) in [7, 11) is 0. The zero-order valence-corrected chi connectivity index (χ0v) is 11.5. The van der Waals surface area contributed by atoms with Crippen molar-refractivity contribution in [3.63, 3.8) is 0 Å². The van der Waals surface area contributed by atoms with Crippen LogP contribution in [0.2, 0.25) is 0 Å².